The number of nitrogens with zero attached hydrogens (tertiary/aromatic N) is 1. The average molecular weight is 298 g/mol. The molecule has 1 saturated heterocycles. The second-order valence-corrected chi connectivity index (χ2v) is 4.78. The van der Waals surface area contributed by atoms with Gasteiger partial charge in [0.1, 0.15) is 0 Å². The molecule has 0 aromatic heterocycles. The lowest BCUT2D eigenvalue weighted by Gasteiger charge is -2.16. The highest BCUT2D eigenvalue weighted by Crippen LogP contribution is 2.19. The summed E-state index contributed by atoms with van der Waals surface area (Å²) in [7, 11) is 0. The SMILES string of the molecule is Cc1cc(C(=O)N2CCCC2)ccc1NC(=O)CN.Cl. The van der Waals surface area contributed by atoms with Crippen LogP contribution < -0.4 is 11.1 Å². The molecule has 0 radical (unpaired) electrons. The third-order valence-corrected chi connectivity index (χ3v) is 3.33. The molecule has 1 aliphatic heterocycles. The minimum Gasteiger partial charge on any atom is -0.339 e. The van der Waals surface area contributed by atoms with Gasteiger partial charge in [-0.15, -0.1) is 12.4 Å². The molecular formula is C14H20ClN3O2. The maximum atomic E-state index is 12.2. The molecule has 0 bridgehead atoms. The molecule has 5 nitrogen and oxygen atoms in total. The molecule has 1 aromatic rings. The quantitative estimate of drug-likeness (QED) is 0.889. The first-order valence-electron chi connectivity index (χ1n) is 6.51. The van der Waals surface area contributed by atoms with Crippen molar-refractivity contribution in [3.8, 4) is 0 Å². The molecule has 3 N–H and O–H groups in total. The predicted molar refractivity (Wildman–Crippen MR) is 81.2 cm³/mol. The fourth-order valence-corrected chi connectivity index (χ4v) is 2.24. The normalized spacial score (nSPS) is 13.8. The minimum atomic E-state index is -0.235. The van der Waals surface area contributed by atoms with Gasteiger partial charge in [0.05, 0.1) is 6.54 Å². The summed E-state index contributed by atoms with van der Waals surface area (Å²) in [6.07, 6.45) is 2.16. The van der Waals surface area contributed by atoms with Crippen LogP contribution in [0.5, 0.6) is 0 Å². The summed E-state index contributed by atoms with van der Waals surface area (Å²) in [6, 6.07) is 5.32. The second kappa shape index (κ2) is 7.26. The zero-order valence-electron chi connectivity index (χ0n) is 11.5. The molecule has 1 aromatic carbocycles. The van der Waals surface area contributed by atoms with E-state index in [1.165, 1.54) is 0 Å². The number of hydrogen-bond acceptors (Lipinski definition) is 3. The Kier molecular flexibility index (Phi) is 5.98. The molecule has 0 atom stereocenters. The van der Waals surface area contributed by atoms with Crippen LogP contribution in [-0.2, 0) is 4.79 Å². The lowest BCUT2D eigenvalue weighted by Crippen LogP contribution is -2.27. The van der Waals surface area contributed by atoms with Crippen molar-refractivity contribution in [2.24, 2.45) is 5.73 Å². The lowest BCUT2D eigenvalue weighted by molar-refractivity contribution is -0.114. The van der Waals surface area contributed by atoms with E-state index >= 15 is 0 Å². The molecular weight excluding hydrogens is 278 g/mol. The van der Waals surface area contributed by atoms with Gasteiger partial charge in [-0.25, -0.2) is 0 Å². The highest BCUT2D eigenvalue weighted by molar-refractivity contribution is 5.97. The maximum absolute atomic E-state index is 12.2. The van der Waals surface area contributed by atoms with Crippen molar-refractivity contribution in [1.82, 2.24) is 4.90 Å². The van der Waals surface area contributed by atoms with Gasteiger partial charge in [-0.2, -0.15) is 0 Å². The van der Waals surface area contributed by atoms with Crippen molar-refractivity contribution >= 4 is 29.9 Å². The van der Waals surface area contributed by atoms with Gasteiger partial charge in [0.25, 0.3) is 5.91 Å². The van der Waals surface area contributed by atoms with Crippen molar-refractivity contribution in [1.29, 1.82) is 0 Å². The number of nitrogens with two attached hydrogens (primary N) is 1. The Hall–Kier alpha value is -1.59. The third kappa shape index (κ3) is 3.71. The number of rotatable bonds is 3. The van der Waals surface area contributed by atoms with Crippen molar-refractivity contribution in [3.63, 3.8) is 0 Å². The molecule has 0 spiro atoms. The average Bonchev–Trinajstić information content (AvgIpc) is 2.94. The number of benzene rings is 1. The molecule has 0 saturated carbocycles. The molecule has 0 unspecified atom stereocenters. The van der Waals surface area contributed by atoms with Crippen molar-refractivity contribution < 1.29 is 9.59 Å². The van der Waals surface area contributed by atoms with Crippen LogP contribution in [0.25, 0.3) is 0 Å². The number of aryl methyl sites for hydroxylation is 1. The first kappa shape index (κ1) is 16.5. The first-order chi connectivity index (χ1) is 9.11. The third-order valence-electron chi connectivity index (χ3n) is 3.33. The molecule has 2 rings (SSSR count). The highest BCUT2D eigenvalue weighted by atomic mass is 35.5. The number of carbonyl (C=O) groups excluding carboxylic acids is 2. The van der Waals surface area contributed by atoms with Crippen LogP contribution >= 0.6 is 12.4 Å². The van der Waals surface area contributed by atoms with Gasteiger partial charge in [-0.05, 0) is 43.5 Å². The van der Waals surface area contributed by atoms with Gasteiger partial charge in [0.2, 0.25) is 5.91 Å². The summed E-state index contributed by atoms with van der Waals surface area (Å²) in [5.41, 5.74) is 7.50. The van der Waals surface area contributed by atoms with E-state index in [-0.39, 0.29) is 30.8 Å². The van der Waals surface area contributed by atoms with Crippen molar-refractivity contribution in [2.75, 3.05) is 25.0 Å². The predicted octanol–water partition coefficient (Wildman–Crippen LogP) is 1.55. The van der Waals surface area contributed by atoms with Gasteiger partial charge < -0.3 is 16.0 Å². The summed E-state index contributed by atoms with van der Waals surface area (Å²) >= 11 is 0. The first-order valence-corrected chi connectivity index (χ1v) is 6.51. The summed E-state index contributed by atoms with van der Waals surface area (Å²) in [4.78, 5) is 25.3. The van der Waals surface area contributed by atoms with Crippen LogP contribution in [0.1, 0.15) is 28.8 Å². The number of amides is 2. The van der Waals surface area contributed by atoms with E-state index in [0.717, 1.165) is 31.5 Å². The zero-order valence-corrected chi connectivity index (χ0v) is 12.3. The standard InChI is InChI=1S/C14H19N3O2.ClH/c1-10-8-11(14(19)17-6-2-3-7-17)4-5-12(10)16-13(18)9-15;/h4-5,8H,2-3,6-7,9,15H2,1H3,(H,16,18);1H. The van der Waals surface area contributed by atoms with Gasteiger partial charge >= 0.3 is 0 Å². The van der Waals surface area contributed by atoms with Crippen LogP contribution in [0, 0.1) is 6.92 Å². The summed E-state index contributed by atoms with van der Waals surface area (Å²) in [6.45, 7) is 3.49. The van der Waals surface area contributed by atoms with Gasteiger partial charge in [-0.1, -0.05) is 0 Å². The van der Waals surface area contributed by atoms with Crippen LogP contribution in [0.3, 0.4) is 0 Å². The Balaban J connectivity index is 0.00000200. The largest absolute Gasteiger partial charge is 0.339 e. The van der Waals surface area contributed by atoms with Crippen molar-refractivity contribution in [3.05, 3.63) is 29.3 Å². The molecule has 6 heteroatoms. The number of carbonyl (C=O) groups is 2. The van der Waals surface area contributed by atoms with E-state index in [4.69, 9.17) is 5.73 Å². The Bertz CT molecular complexity index is 499. The highest BCUT2D eigenvalue weighted by Gasteiger charge is 2.19. The van der Waals surface area contributed by atoms with Crippen LogP contribution in [0.4, 0.5) is 5.69 Å². The monoisotopic (exact) mass is 297 g/mol. The van der Waals surface area contributed by atoms with Gasteiger partial charge in [0, 0.05) is 24.3 Å². The Morgan fingerprint density at radius 3 is 2.50 bits per heavy atom. The molecule has 1 heterocycles. The van der Waals surface area contributed by atoms with E-state index < -0.39 is 0 Å². The van der Waals surface area contributed by atoms with E-state index in [9.17, 15) is 9.59 Å². The van der Waals surface area contributed by atoms with E-state index in [2.05, 4.69) is 5.32 Å². The second-order valence-electron chi connectivity index (χ2n) is 4.78. The maximum Gasteiger partial charge on any atom is 0.253 e. The van der Waals surface area contributed by atoms with Crippen LogP contribution in [0.2, 0.25) is 0 Å². The molecule has 0 aliphatic carbocycles. The van der Waals surface area contributed by atoms with Crippen molar-refractivity contribution in [2.45, 2.75) is 19.8 Å². The number of likely N-dealkylation sites (tertiary alicyclic amines) is 1. The fourth-order valence-electron chi connectivity index (χ4n) is 2.24. The number of anilines is 1. The topological polar surface area (TPSA) is 75.4 Å². The Labute approximate surface area is 124 Å². The summed E-state index contributed by atoms with van der Waals surface area (Å²) in [5, 5.41) is 2.71. The Morgan fingerprint density at radius 1 is 1.30 bits per heavy atom. The Morgan fingerprint density at radius 2 is 1.95 bits per heavy atom. The smallest absolute Gasteiger partial charge is 0.253 e. The zero-order chi connectivity index (χ0) is 13.8. The number of halogens is 1. The number of hydrogen-bond donors (Lipinski definition) is 2. The summed E-state index contributed by atoms with van der Waals surface area (Å²) in [5.74, 6) is -0.168. The van der Waals surface area contributed by atoms with E-state index in [1.807, 2.05) is 17.9 Å². The molecule has 1 fully saturated rings. The fraction of sp³-hybridized carbons (Fsp3) is 0.429. The molecule has 110 valence electrons. The van der Waals surface area contributed by atoms with Crippen LogP contribution in [0.15, 0.2) is 18.2 Å². The number of nitrogens with one attached hydrogen (secondary N) is 1. The van der Waals surface area contributed by atoms with E-state index in [0.29, 0.717) is 11.3 Å². The van der Waals surface area contributed by atoms with E-state index in [1.54, 1.807) is 12.1 Å². The van der Waals surface area contributed by atoms with Gasteiger partial charge in [0.15, 0.2) is 0 Å². The molecule has 20 heavy (non-hydrogen) atoms. The molecule has 1 aliphatic rings. The lowest BCUT2D eigenvalue weighted by atomic mass is 10.1. The minimum absolute atomic E-state index is 0. The van der Waals surface area contributed by atoms with Gasteiger partial charge in [-0.3, -0.25) is 9.59 Å². The van der Waals surface area contributed by atoms with Crippen LogP contribution in [-0.4, -0.2) is 36.3 Å². The molecule has 2 amide bonds. The summed E-state index contributed by atoms with van der Waals surface area (Å²) < 4.78 is 0.